The summed E-state index contributed by atoms with van der Waals surface area (Å²) in [6.07, 6.45) is 18.5. The molecule has 1 aliphatic carbocycles. The minimum atomic E-state index is -0.395. The molecule has 0 spiro atoms. The van der Waals surface area contributed by atoms with E-state index >= 15 is 0 Å². The molecule has 1 atom stereocenters. The molecule has 0 saturated carbocycles. The topological polar surface area (TPSA) is 55.8 Å². The molecule has 0 bridgehead atoms. The van der Waals surface area contributed by atoms with Crippen molar-refractivity contribution in [1.29, 1.82) is 0 Å². The highest BCUT2D eigenvalue weighted by molar-refractivity contribution is 5.75. The van der Waals surface area contributed by atoms with Gasteiger partial charge in [-0.3, -0.25) is 4.79 Å². The lowest BCUT2D eigenvalue weighted by molar-refractivity contribution is -0.144. The number of nitrogens with zero attached hydrogens (tertiary/aromatic N) is 1. The molecule has 0 aromatic heterocycles. The number of hydrogen-bond donors (Lipinski definition) is 0. The van der Waals surface area contributed by atoms with Crippen molar-refractivity contribution < 1.29 is 19.1 Å². The van der Waals surface area contributed by atoms with Gasteiger partial charge in [0.25, 0.3) is 0 Å². The summed E-state index contributed by atoms with van der Waals surface area (Å²) in [7, 11) is 3.19. The van der Waals surface area contributed by atoms with Gasteiger partial charge in [0, 0.05) is 20.0 Å². The second-order valence-corrected chi connectivity index (χ2v) is 10.1. The Balaban J connectivity index is 0.000000285. The number of allylic oxidation sites excluding steroid dienone is 2. The molecule has 1 amide bonds. The van der Waals surface area contributed by atoms with E-state index in [-0.39, 0.29) is 12.5 Å². The van der Waals surface area contributed by atoms with Crippen LogP contribution in [-0.2, 0) is 25.5 Å². The predicted octanol–water partition coefficient (Wildman–Crippen LogP) is 7.87. The van der Waals surface area contributed by atoms with Gasteiger partial charge in [-0.1, -0.05) is 106 Å². The van der Waals surface area contributed by atoms with Crippen LogP contribution in [0.15, 0.2) is 78.6 Å². The lowest BCUT2D eigenvalue weighted by Crippen LogP contribution is -2.31. The minimum Gasteiger partial charge on any atom is -0.482 e. The summed E-state index contributed by atoms with van der Waals surface area (Å²) in [5, 5.41) is 0. The number of ether oxygens (including phenoxy) is 2. The lowest BCUT2D eigenvalue weighted by atomic mass is 9.99. The molecule has 0 fully saturated rings. The normalized spacial score (nSPS) is 14.2. The number of unbranched alkanes of at least 4 members (excludes halogenated alkanes) is 3. The molecule has 0 heterocycles. The van der Waals surface area contributed by atoms with Gasteiger partial charge in [0.1, 0.15) is 5.76 Å². The van der Waals surface area contributed by atoms with Crippen molar-refractivity contribution in [2.75, 3.05) is 27.3 Å². The number of benzene rings is 2. The summed E-state index contributed by atoms with van der Waals surface area (Å²) in [4.78, 5) is 24.8. The molecule has 5 heteroatoms. The van der Waals surface area contributed by atoms with Crippen molar-refractivity contribution in [2.45, 2.75) is 65.2 Å². The monoisotopic (exact) mass is 545 g/mol. The summed E-state index contributed by atoms with van der Waals surface area (Å²) in [6, 6.07) is 19.3. The van der Waals surface area contributed by atoms with Gasteiger partial charge in [-0.05, 0) is 60.4 Å². The van der Waals surface area contributed by atoms with Crippen LogP contribution in [0.4, 0.5) is 0 Å². The van der Waals surface area contributed by atoms with Crippen LogP contribution < -0.4 is 0 Å². The van der Waals surface area contributed by atoms with Crippen LogP contribution in [0.3, 0.4) is 0 Å². The van der Waals surface area contributed by atoms with Crippen LogP contribution in [0.25, 0.3) is 12.2 Å². The molecule has 1 unspecified atom stereocenters. The molecule has 5 nitrogen and oxygen atoms in total. The largest absolute Gasteiger partial charge is 0.482 e. The first kappa shape index (κ1) is 32.6. The molecular formula is C35H47NO4. The van der Waals surface area contributed by atoms with Crippen molar-refractivity contribution in [3.63, 3.8) is 0 Å². The van der Waals surface area contributed by atoms with Crippen LogP contribution in [0.1, 0.15) is 75.5 Å². The van der Waals surface area contributed by atoms with Gasteiger partial charge in [0.2, 0.25) is 5.91 Å². The van der Waals surface area contributed by atoms with E-state index in [4.69, 9.17) is 4.74 Å². The second kappa shape index (κ2) is 19.5. The summed E-state index contributed by atoms with van der Waals surface area (Å²) in [6.45, 7) is 5.00. The lowest BCUT2D eigenvalue weighted by Gasteiger charge is -2.23. The number of rotatable bonds is 14. The van der Waals surface area contributed by atoms with Crippen molar-refractivity contribution in [3.05, 3.63) is 95.3 Å². The Hall–Kier alpha value is -3.60. The smallest absolute Gasteiger partial charge is 0.343 e. The molecule has 3 rings (SSSR count). The molecule has 2 aromatic rings. The maximum atomic E-state index is 12.0. The van der Waals surface area contributed by atoms with Gasteiger partial charge in [-0.15, -0.1) is 0 Å². The molecule has 0 aliphatic heterocycles. The molecule has 0 saturated heterocycles. The van der Waals surface area contributed by atoms with Gasteiger partial charge in [-0.25, -0.2) is 4.79 Å². The van der Waals surface area contributed by atoms with E-state index in [9.17, 15) is 9.59 Å². The maximum Gasteiger partial charge on any atom is 0.343 e. The van der Waals surface area contributed by atoms with Gasteiger partial charge >= 0.3 is 5.97 Å². The average Bonchev–Trinajstić information content (AvgIpc) is 2.99. The fourth-order valence-corrected chi connectivity index (χ4v) is 4.19. The van der Waals surface area contributed by atoms with E-state index < -0.39 is 5.97 Å². The fraction of sp³-hybridized carbons (Fsp3) is 0.429. The summed E-state index contributed by atoms with van der Waals surface area (Å²) < 4.78 is 9.84. The van der Waals surface area contributed by atoms with Crippen LogP contribution >= 0.6 is 0 Å². The van der Waals surface area contributed by atoms with Gasteiger partial charge < -0.3 is 14.4 Å². The number of carbonyl (C=O) groups is 2. The van der Waals surface area contributed by atoms with E-state index in [2.05, 4.69) is 79.3 Å². The molecule has 216 valence electrons. The van der Waals surface area contributed by atoms with Gasteiger partial charge in [0.15, 0.2) is 6.61 Å². The Bertz CT molecular complexity index is 1090. The van der Waals surface area contributed by atoms with E-state index in [1.54, 1.807) is 4.90 Å². The molecule has 1 aliphatic rings. The number of amides is 1. The Labute approximate surface area is 241 Å². The molecule has 2 aromatic carbocycles. The summed E-state index contributed by atoms with van der Waals surface area (Å²) in [5.41, 5.74) is 3.94. The predicted molar refractivity (Wildman–Crippen MR) is 166 cm³/mol. The summed E-state index contributed by atoms with van der Waals surface area (Å²) in [5.74, 6) is 0.788. The van der Waals surface area contributed by atoms with E-state index in [0.717, 1.165) is 25.7 Å². The van der Waals surface area contributed by atoms with Gasteiger partial charge in [0.05, 0.1) is 7.11 Å². The Morgan fingerprint density at radius 1 is 0.925 bits per heavy atom. The minimum absolute atomic E-state index is 0.0762. The van der Waals surface area contributed by atoms with E-state index in [0.29, 0.717) is 24.6 Å². The average molecular weight is 546 g/mol. The first-order chi connectivity index (χ1) is 19.4. The molecule has 0 radical (unpaired) electrons. The van der Waals surface area contributed by atoms with Crippen molar-refractivity contribution in [2.24, 2.45) is 5.92 Å². The third kappa shape index (κ3) is 13.5. The first-order valence-electron chi connectivity index (χ1n) is 14.6. The van der Waals surface area contributed by atoms with Gasteiger partial charge in [-0.2, -0.15) is 0 Å². The Kier molecular flexibility index (Phi) is 15.9. The van der Waals surface area contributed by atoms with E-state index in [1.807, 2.05) is 31.3 Å². The number of methoxy groups -OCH3 is 1. The SMILES string of the molecule is CCCCCC(=O)N(C)CC1C=CC(OCC(=O)OC)=CC1.CCCCc1ccc(C=Cc2ccccc2)cc1. The number of aryl methyl sites for hydroxylation is 1. The Morgan fingerprint density at radius 3 is 2.20 bits per heavy atom. The first-order valence-corrected chi connectivity index (χ1v) is 14.6. The number of carbonyl (C=O) groups excluding carboxylic acids is 2. The molecule has 40 heavy (non-hydrogen) atoms. The fourth-order valence-electron chi connectivity index (χ4n) is 4.19. The zero-order valence-corrected chi connectivity index (χ0v) is 24.8. The summed E-state index contributed by atoms with van der Waals surface area (Å²) >= 11 is 0. The molecular weight excluding hydrogens is 498 g/mol. The zero-order chi connectivity index (χ0) is 29.0. The number of hydrogen-bond acceptors (Lipinski definition) is 4. The van der Waals surface area contributed by atoms with Crippen LogP contribution in [0.2, 0.25) is 0 Å². The molecule has 0 N–H and O–H groups in total. The third-order valence-electron chi connectivity index (χ3n) is 6.73. The van der Waals surface area contributed by atoms with E-state index in [1.165, 1.54) is 43.1 Å². The van der Waals surface area contributed by atoms with Crippen molar-refractivity contribution in [3.8, 4) is 0 Å². The highest BCUT2D eigenvalue weighted by Crippen LogP contribution is 2.18. The van der Waals surface area contributed by atoms with Crippen molar-refractivity contribution >= 4 is 24.0 Å². The standard InChI is InChI=1S/C18H20.C17H27NO4/c1-2-3-7-17-11-14-18(15-12-17)13-10-16-8-5-4-6-9-16;1-4-5-6-7-16(19)18(2)12-14-8-10-15(11-9-14)22-13-17(20)21-3/h4-6,8-15H,2-3,7H2,1H3;8,10-11,14H,4-7,9,12-13H2,1-3H3. The van der Waals surface area contributed by atoms with Crippen LogP contribution in [-0.4, -0.2) is 44.1 Å². The highest BCUT2D eigenvalue weighted by Gasteiger charge is 2.16. The highest BCUT2D eigenvalue weighted by atomic mass is 16.6. The van der Waals surface area contributed by atoms with Crippen LogP contribution in [0, 0.1) is 5.92 Å². The Morgan fingerprint density at radius 2 is 1.60 bits per heavy atom. The number of esters is 1. The van der Waals surface area contributed by atoms with Crippen LogP contribution in [0.5, 0.6) is 0 Å². The third-order valence-corrected chi connectivity index (χ3v) is 6.73. The van der Waals surface area contributed by atoms with Crippen molar-refractivity contribution in [1.82, 2.24) is 4.90 Å². The second-order valence-electron chi connectivity index (χ2n) is 10.1. The zero-order valence-electron chi connectivity index (χ0n) is 24.8. The quantitative estimate of drug-likeness (QED) is 0.138. The maximum absolute atomic E-state index is 12.0.